The Morgan fingerprint density at radius 1 is 1.56 bits per heavy atom. The molecule has 1 rings (SSSR count). The zero-order valence-corrected chi connectivity index (χ0v) is 10.0. The van der Waals surface area contributed by atoms with E-state index in [2.05, 4.69) is 11.9 Å². The lowest BCUT2D eigenvalue weighted by atomic mass is 10.3. The van der Waals surface area contributed by atoms with Crippen LogP contribution in [0.2, 0.25) is 0 Å². The fraction of sp³-hybridized carbons (Fsp3) is 0.250. The summed E-state index contributed by atoms with van der Waals surface area (Å²) in [5, 5.41) is 2.60. The predicted octanol–water partition coefficient (Wildman–Crippen LogP) is 3.07. The highest BCUT2D eigenvalue weighted by atomic mass is 32.2. The van der Waals surface area contributed by atoms with Crippen molar-refractivity contribution in [3.05, 3.63) is 36.9 Å². The van der Waals surface area contributed by atoms with Gasteiger partial charge < -0.3 is 10.1 Å². The first kappa shape index (κ1) is 12.6. The fourth-order valence-electron chi connectivity index (χ4n) is 1.10. The van der Waals surface area contributed by atoms with Crippen molar-refractivity contribution in [2.45, 2.75) is 11.8 Å². The highest BCUT2D eigenvalue weighted by molar-refractivity contribution is 8.13. The number of nitrogens with one attached hydrogen (secondary N) is 1. The summed E-state index contributed by atoms with van der Waals surface area (Å²) in [6.07, 6.45) is 1.65. The van der Waals surface area contributed by atoms with Crippen molar-refractivity contribution >= 4 is 17.0 Å². The Labute approximate surface area is 99.9 Å². The van der Waals surface area contributed by atoms with E-state index >= 15 is 0 Å². The Morgan fingerprint density at radius 2 is 2.31 bits per heavy atom. The van der Waals surface area contributed by atoms with Crippen molar-refractivity contribution in [3.63, 3.8) is 0 Å². The van der Waals surface area contributed by atoms with Crippen molar-refractivity contribution in [3.8, 4) is 5.75 Å². The van der Waals surface area contributed by atoms with Crippen LogP contribution in [0.3, 0.4) is 0 Å². The molecule has 86 valence electrons. The lowest BCUT2D eigenvalue weighted by Crippen LogP contribution is -2.17. The molecule has 1 aromatic rings. The number of amides is 1. The molecule has 0 aliphatic carbocycles. The first-order valence-electron chi connectivity index (χ1n) is 5.06. The fourth-order valence-corrected chi connectivity index (χ4v) is 1.83. The van der Waals surface area contributed by atoms with E-state index in [-0.39, 0.29) is 5.24 Å². The van der Waals surface area contributed by atoms with Gasteiger partial charge in [-0.05, 0) is 30.8 Å². The minimum atomic E-state index is -0.105. The zero-order chi connectivity index (χ0) is 11.8. The third-order valence-electron chi connectivity index (χ3n) is 1.74. The first-order chi connectivity index (χ1) is 7.77. The second-order valence-corrected chi connectivity index (χ2v) is 3.95. The number of para-hydroxylation sites is 1. The van der Waals surface area contributed by atoms with Gasteiger partial charge in [-0.3, -0.25) is 4.79 Å². The molecule has 0 aromatic heterocycles. The number of carbonyl (C=O) groups excluding carboxylic acids is 1. The van der Waals surface area contributed by atoms with E-state index in [1.807, 2.05) is 31.2 Å². The van der Waals surface area contributed by atoms with Gasteiger partial charge in [-0.15, -0.1) is 6.58 Å². The summed E-state index contributed by atoms with van der Waals surface area (Å²) in [4.78, 5) is 12.3. The minimum Gasteiger partial charge on any atom is -0.493 e. The zero-order valence-electron chi connectivity index (χ0n) is 9.23. The second kappa shape index (κ2) is 6.95. The van der Waals surface area contributed by atoms with Crippen LogP contribution in [-0.2, 0) is 0 Å². The third kappa shape index (κ3) is 3.98. The lowest BCUT2D eigenvalue weighted by molar-refractivity contribution is 0.261. The van der Waals surface area contributed by atoms with Crippen LogP contribution in [0.1, 0.15) is 6.92 Å². The van der Waals surface area contributed by atoms with Crippen LogP contribution in [0.25, 0.3) is 0 Å². The van der Waals surface area contributed by atoms with Crippen molar-refractivity contribution < 1.29 is 9.53 Å². The average Bonchev–Trinajstić information content (AvgIpc) is 2.29. The predicted molar refractivity (Wildman–Crippen MR) is 67.1 cm³/mol. The third-order valence-corrected chi connectivity index (χ3v) is 2.63. The molecule has 1 N–H and O–H groups in total. The Balaban J connectivity index is 2.64. The molecule has 0 aliphatic heterocycles. The molecule has 1 amide bonds. The maximum absolute atomic E-state index is 11.5. The number of benzene rings is 1. The Morgan fingerprint density at radius 3 is 3.00 bits per heavy atom. The Bertz CT molecular complexity index is 366. The molecular weight excluding hydrogens is 222 g/mol. The van der Waals surface area contributed by atoms with E-state index in [1.54, 1.807) is 6.08 Å². The Hall–Kier alpha value is -1.42. The van der Waals surface area contributed by atoms with E-state index in [0.717, 1.165) is 22.4 Å². The maximum Gasteiger partial charge on any atom is 0.284 e. The van der Waals surface area contributed by atoms with Crippen LogP contribution >= 0.6 is 11.8 Å². The summed E-state index contributed by atoms with van der Waals surface area (Å²) in [6.45, 7) is 6.52. The molecule has 0 saturated heterocycles. The van der Waals surface area contributed by atoms with Gasteiger partial charge in [0.1, 0.15) is 5.75 Å². The molecule has 0 fully saturated rings. The summed E-state index contributed by atoms with van der Waals surface area (Å²) in [5.41, 5.74) is 0. The first-order valence-corrected chi connectivity index (χ1v) is 5.88. The van der Waals surface area contributed by atoms with E-state index in [4.69, 9.17) is 4.74 Å². The standard InChI is InChI=1S/C12H15NO2S/c1-3-9-13-12(14)16-11-8-6-5-7-10(11)15-4-2/h3,5-8H,1,4,9H2,2H3,(H,13,14). The summed E-state index contributed by atoms with van der Waals surface area (Å²) in [5.74, 6) is 0.740. The van der Waals surface area contributed by atoms with Gasteiger partial charge in [0.05, 0.1) is 11.5 Å². The van der Waals surface area contributed by atoms with Gasteiger partial charge in [0.2, 0.25) is 0 Å². The molecule has 0 aliphatic rings. The van der Waals surface area contributed by atoms with E-state index in [0.29, 0.717) is 13.2 Å². The van der Waals surface area contributed by atoms with Crippen molar-refractivity contribution in [2.75, 3.05) is 13.2 Å². The highest BCUT2D eigenvalue weighted by Crippen LogP contribution is 2.29. The van der Waals surface area contributed by atoms with Gasteiger partial charge >= 0.3 is 0 Å². The number of hydrogen-bond donors (Lipinski definition) is 1. The molecule has 0 radical (unpaired) electrons. The van der Waals surface area contributed by atoms with Crippen LogP contribution in [0, 0.1) is 0 Å². The van der Waals surface area contributed by atoms with Crippen LogP contribution in [-0.4, -0.2) is 18.4 Å². The highest BCUT2D eigenvalue weighted by Gasteiger charge is 2.08. The van der Waals surface area contributed by atoms with E-state index in [9.17, 15) is 4.79 Å². The van der Waals surface area contributed by atoms with Gasteiger partial charge in [-0.25, -0.2) is 0 Å². The molecule has 0 spiro atoms. The van der Waals surface area contributed by atoms with Gasteiger partial charge in [-0.2, -0.15) is 0 Å². The normalized spacial score (nSPS) is 9.56. The Kier molecular flexibility index (Phi) is 5.50. The summed E-state index contributed by atoms with van der Waals surface area (Å²) < 4.78 is 5.42. The van der Waals surface area contributed by atoms with Gasteiger partial charge in [-0.1, -0.05) is 18.2 Å². The molecule has 0 atom stereocenters. The quantitative estimate of drug-likeness (QED) is 0.632. The molecular formula is C12H15NO2S. The summed E-state index contributed by atoms with van der Waals surface area (Å²) in [7, 11) is 0. The molecule has 4 heteroatoms. The molecule has 0 saturated carbocycles. The maximum atomic E-state index is 11.5. The van der Waals surface area contributed by atoms with Crippen LogP contribution in [0.5, 0.6) is 5.75 Å². The van der Waals surface area contributed by atoms with Crippen LogP contribution in [0.15, 0.2) is 41.8 Å². The lowest BCUT2D eigenvalue weighted by Gasteiger charge is -2.08. The van der Waals surface area contributed by atoms with Crippen LogP contribution < -0.4 is 10.1 Å². The molecule has 1 aromatic carbocycles. The van der Waals surface area contributed by atoms with Crippen molar-refractivity contribution in [1.29, 1.82) is 0 Å². The van der Waals surface area contributed by atoms with Gasteiger partial charge in [0, 0.05) is 6.54 Å². The van der Waals surface area contributed by atoms with Crippen molar-refractivity contribution in [1.82, 2.24) is 5.32 Å². The van der Waals surface area contributed by atoms with E-state index < -0.39 is 0 Å². The summed E-state index contributed by atoms with van der Waals surface area (Å²) >= 11 is 1.13. The molecule has 3 nitrogen and oxygen atoms in total. The molecule has 0 heterocycles. The molecule has 16 heavy (non-hydrogen) atoms. The summed E-state index contributed by atoms with van der Waals surface area (Å²) in [6, 6.07) is 7.48. The molecule has 0 unspecified atom stereocenters. The van der Waals surface area contributed by atoms with Gasteiger partial charge in [0.15, 0.2) is 0 Å². The number of thioether (sulfide) groups is 1. The SMILES string of the molecule is C=CCNC(=O)Sc1ccccc1OCC. The van der Waals surface area contributed by atoms with Gasteiger partial charge in [0.25, 0.3) is 5.24 Å². The smallest absolute Gasteiger partial charge is 0.284 e. The average molecular weight is 237 g/mol. The number of carbonyl (C=O) groups is 1. The van der Waals surface area contributed by atoms with Crippen LogP contribution in [0.4, 0.5) is 4.79 Å². The second-order valence-electron chi connectivity index (χ2n) is 2.94. The number of ether oxygens (including phenoxy) is 1. The number of rotatable bonds is 5. The topological polar surface area (TPSA) is 38.3 Å². The monoisotopic (exact) mass is 237 g/mol. The minimum absolute atomic E-state index is 0.105. The number of hydrogen-bond acceptors (Lipinski definition) is 3. The molecule has 0 bridgehead atoms. The largest absolute Gasteiger partial charge is 0.493 e. The van der Waals surface area contributed by atoms with Crippen molar-refractivity contribution in [2.24, 2.45) is 0 Å². The van der Waals surface area contributed by atoms with E-state index in [1.165, 1.54) is 0 Å².